The Kier molecular flexibility index (Phi) is 6.12. The molecule has 0 aromatic carbocycles. The van der Waals surface area contributed by atoms with E-state index in [1.165, 1.54) is 32.1 Å². The van der Waals surface area contributed by atoms with Crippen molar-refractivity contribution >= 4 is 5.91 Å². The molecule has 1 aromatic rings. The lowest BCUT2D eigenvalue weighted by molar-refractivity contribution is -0.122. The van der Waals surface area contributed by atoms with Gasteiger partial charge in [0.1, 0.15) is 5.76 Å². The van der Waals surface area contributed by atoms with Gasteiger partial charge in [-0.05, 0) is 32.0 Å². The van der Waals surface area contributed by atoms with E-state index in [2.05, 4.69) is 5.32 Å². The molecule has 0 radical (unpaired) electrons. The molecular formula is C16H26N2O2. The summed E-state index contributed by atoms with van der Waals surface area (Å²) in [6, 6.07) is 4.18. The average molecular weight is 278 g/mol. The number of furan rings is 1. The lowest BCUT2D eigenvalue weighted by atomic mass is 9.97. The van der Waals surface area contributed by atoms with Gasteiger partial charge in [0.15, 0.2) is 0 Å². The number of carbonyl (C=O) groups excluding carboxylic acids is 1. The Morgan fingerprint density at radius 3 is 2.65 bits per heavy atom. The van der Waals surface area contributed by atoms with Crippen LogP contribution in [0.1, 0.15) is 50.7 Å². The maximum atomic E-state index is 12.1. The second kappa shape index (κ2) is 8.10. The summed E-state index contributed by atoms with van der Waals surface area (Å²) < 4.78 is 5.29. The lowest BCUT2D eigenvalue weighted by Gasteiger charge is -2.22. The van der Waals surface area contributed by atoms with Gasteiger partial charge in [0.05, 0.1) is 19.4 Å². The van der Waals surface area contributed by atoms with Crippen LogP contribution in [0.3, 0.4) is 0 Å². The second-order valence-corrected chi connectivity index (χ2v) is 5.86. The van der Waals surface area contributed by atoms with E-state index < -0.39 is 0 Å². The second-order valence-electron chi connectivity index (χ2n) is 5.86. The molecule has 1 aliphatic carbocycles. The van der Waals surface area contributed by atoms with Crippen molar-refractivity contribution in [3.63, 3.8) is 0 Å². The lowest BCUT2D eigenvalue weighted by Crippen LogP contribution is -2.41. The minimum Gasteiger partial charge on any atom is -0.468 e. The van der Waals surface area contributed by atoms with E-state index in [1.807, 2.05) is 24.1 Å². The molecule has 0 atom stereocenters. The molecule has 1 N–H and O–H groups in total. The van der Waals surface area contributed by atoms with E-state index >= 15 is 0 Å². The molecule has 1 saturated carbocycles. The van der Waals surface area contributed by atoms with Crippen LogP contribution in [0.15, 0.2) is 22.8 Å². The van der Waals surface area contributed by atoms with E-state index in [1.54, 1.807) is 6.26 Å². The largest absolute Gasteiger partial charge is 0.468 e. The van der Waals surface area contributed by atoms with Crippen LogP contribution in [0.5, 0.6) is 0 Å². The van der Waals surface area contributed by atoms with Crippen molar-refractivity contribution in [2.24, 2.45) is 0 Å². The Bertz CT molecular complexity index is 381. The van der Waals surface area contributed by atoms with Gasteiger partial charge in [0, 0.05) is 6.04 Å². The molecular weight excluding hydrogens is 252 g/mol. The minimum atomic E-state index is 0.129. The van der Waals surface area contributed by atoms with Crippen LogP contribution in [0.2, 0.25) is 0 Å². The van der Waals surface area contributed by atoms with Crippen molar-refractivity contribution < 1.29 is 9.21 Å². The van der Waals surface area contributed by atoms with Gasteiger partial charge in [-0.3, -0.25) is 9.69 Å². The van der Waals surface area contributed by atoms with Crippen molar-refractivity contribution in [2.45, 2.75) is 57.5 Å². The molecule has 0 unspecified atom stereocenters. The maximum Gasteiger partial charge on any atom is 0.234 e. The van der Waals surface area contributed by atoms with Crippen LogP contribution in [0, 0.1) is 0 Å². The summed E-state index contributed by atoms with van der Waals surface area (Å²) in [5.41, 5.74) is 0. The standard InChI is InChI=1S/C16H26N2O2/c1-18(12-15-10-7-11-20-15)13-16(19)17-14-8-5-3-2-4-6-9-14/h7,10-11,14H,2-6,8-9,12-13H2,1H3,(H,17,19). The molecule has 112 valence electrons. The van der Waals surface area contributed by atoms with E-state index in [-0.39, 0.29) is 5.91 Å². The zero-order valence-electron chi connectivity index (χ0n) is 12.4. The highest BCUT2D eigenvalue weighted by Crippen LogP contribution is 2.17. The third-order valence-electron chi connectivity index (χ3n) is 3.89. The summed E-state index contributed by atoms with van der Waals surface area (Å²) in [6.45, 7) is 1.10. The van der Waals surface area contributed by atoms with Gasteiger partial charge in [-0.25, -0.2) is 0 Å². The van der Waals surface area contributed by atoms with E-state index in [9.17, 15) is 4.79 Å². The van der Waals surface area contributed by atoms with Crippen molar-refractivity contribution in [3.05, 3.63) is 24.2 Å². The molecule has 1 heterocycles. The SMILES string of the molecule is CN(CC(=O)NC1CCCCCCC1)Cc1ccco1. The minimum absolute atomic E-state index is 0.129. The molecule has 0 saturated heterocycles. The van der Waals surface area contributed by atoms with Gasteiger partial charge in [-0.15, -0.1) is 0 Å². The Morgan fingerprint density at radius 2 is 2.00 bits per heavy atom. The number of carbonyl (C=O) groups is 1. The van der Waals surface area contributed by atoms with Gasteiger partial charge in [-0.1, -0.05) is 32.1 Å². The van der Waals surface area contributed by atoms with Crippen molar-refractivity contribution in [1.29, 1.82) is 0 Å². The first-order chi connectivity index (χ1) is 9.74. The summed E-state index contributed by atoms with van der Waals surface area (Å²) >= 11 is 0. The molecule has 1 aromatic heterocycles. The van der Waals surface area contributed by atoms with Gasteiger partial charge in [-0.2, -0.15) is 0 Å². The molecule has 1 amide bonds. The first-order valence-electron chi connectivity index (χ1n) is 7.74. The predicted octanol–water partition coefficient (Wildman–Crippen LogP) is 2.94. The molecule has 2 rings (SSSR count). The highest BCUT2D eigenvalue weighted by Gasteiger charge is 2.15. The number of likely N-dealkylation sites (N-methyl/N-ethyl adjacent to an activating group) is 1. The monoisotopic (exact) mass is 278 g/mol. The summed E-state index contributed by atoms with van der Waals surface area (Å²) in [4.78, 5) is 14.0. The van der Waals surface area contributed by atoms with Crippen LogP contribution in [0.25, 0.3) is 0 Å². The molecule has 4 nitrogen and oxygen atoms in total. The zero-order chi connectivity index (χ0) is 14.2. The Balaban J connectivity index is 1.70. The normalized spacial score (nSPS) is 17.7. The van der Waals surface area contributed by atoms with Crippen molar-refractivity contribution in [3.8, 4) is 0 Å². The molecule has 0 bridgehead atoms. The molecule has 0 aliphatic heterocycles. The van der Waals surface area contributed by atoms with Crippen LogP contribution < -0.4 is 5.32 Å². The zero-order valence-corrected chi connectivity index (χ0v) is 12.4. The first kappa shape index (κ1) is 15.1. The summed E-state index contributed by atoms with van der Waals surface area (Å²) in [5, 5.41) is 3.19. The number of nitrogens with zero attached hydrogens (tertiary/aromatic N) is 1. The molecule has 0 spiro atoms. The number of hydrogen-bond donors (Lipinski definition) is 1. The smallest absolute Gasteiger partial charge is 0.234 e. The number of nitrogens with one attached hydrogen (secondary N) is 1. The predicted molar refractivity (Wildman–Crippen MR) is 79.3 cm³/mol. The van der Waals surface area contributed by atoms with E-state index in [0.29, 0.717) is 19.1 Å². The summed E-state index contributed by atoms with van der Waals surface area (Å²) in [7, 11) is 1.94. The van der Waals surface area contributed by atoms with Crippen LogP contribution >= 0.6 is 0 Å². The van der Waals surface area contributed by atoms with Crippen LogP contribution in [-0.2, 0) is 11.3 Å². The maximum absolute atomic E-state index is 12.1. The fourth-order valence-corrected chi connectivity index (χ4v) is 2.84. The number of amides is 1. The van der Waals surface area contributed by atoms with Gasteiger partial charge in [0.2, 0.25) is 5.91 Å². The van der Waals surface area contributed by atoms with Gasteiger partial charge < -0.3 is 9.73 Å². The van der Waals surface area contributed by atoms with Crippen molar-refractivity contribution in [2.75, 3.05) is 13.6 Å². The Hall–Kier alpha value is -1.29. The Morgan fingerprint density at radius 1 is 1.30 bits per heavy atom. The summed E-state index contributed by atoms with van der Waals surface area (Å²) in [6.07, 6.45) is 10.4. The fourth-order valence-electron chi connectivity index (χ4n) is 2.84. The Labute approximate surface area is 121 Å². The number of hydrogen-bond acceptors (Lipinski definition) is 3. The molecule has 20 heavy (non-hydrogen) atoms. The average Bonchev–Trinajstić information content (AvgIpc) is 2.84. The van der Waals surface area contributed by atoms with Crippen LogP contribution in [0.4, 0.5) is 0 Å². The van der Waals surface area contributed by atoms with E-state index in [0.717, 1.165) is 18.6 Å². The number of rotatable bonds is 5. The molecule has 1 fully saturated rings. The third kappa shape index (κ3) is 5.37. The summed E-state index contributed by atoms with van der Waals surface area (Å²) in [5.74, 6) is 1.02. The fraction of sp³-hybridized carbons (Fsp3) is 0.688. The third-order valence-corrected chi connectivity index (χ3v) is 3.89. The quantitative estimate of drug-likeness (QED) is 0.900. The van der Waals surface area contributed by atoms with Crippen LogP contribution in [-0.4, -0.2) is 30.4 Å². The highest BCUT2D eigenvalue weighted by atomic mass is 16.3. The topological polar surface area (TPSA) is 45.5 Å². The molecule has 1 aliphatic rings. The van der Waals surface area contributed by atoms with Gasteiger partial charge >= 0.3 is 0 Å². The first-order valence-corrected chi connectivity index (χ1v) is 7.74. The molecule has 4 heteroatoms. The highest BCUT2D eigenvalue weighted by molar-refractivity contribution is 5.78. The van der Waals surface area contributed by atoms with Gasteiger partial charge in [0.25, 0.3) is 0 Å². The van der Waals surface area contributed by atoms with Crippen molar-refractivity contribution in [1.82, 2.24) is 10.2 Å². The van der Waals surface area contributed by atoms with E-state index in [4.69, 9.17) is 4.42 Å².